The largest absolute Gasteiger partial charge is 0.350 e. The molecule has 1 unspecified atom stereocenters. The number of aryl methyl sites for hydroxylation is 2. The second-order valence-corrected chi connectivity index (χ2v) is 7.14. The Bertz CT molecular complexity index is 958. The van der Waals surface area contributed by atoms with Crippen molar-refractivity contribution >= 4 is 21.8 Å². The van der Waals surface area contributed by atoms with Gasteiger partial charge in [0.25, 0.3) is 0 Å². The summed E-state index contributed by atoms with van der Waals surface area (Å²) in [5.41, 5.74) is 2.10. The molecule has 0 aliphatic carbocycles. The minimum atomic E-state index is -0.320. The van der Waals surface area contributed by atoms with Gasteiger partial charge in [-0.15, -0.1) is 0 Å². The summed E-state index contributed by atoms with van der Waals surface area (Å²) in [6.45, 7) is 3.61. The SMILES string of the molecule is Cc1ccc(-c2noc(CCC(=O)NC(C)c3ccccc3Br)n2)cc1F. The third-order valence-electron chi connectivity index (χ3n) is 4.21. The van der Waals surface area contributed by atoms with Crippen LogP contribution in [0.5, 0.6) is 0 Å². The number of halogens is 2. The summed E-state index contributed by atoms with van der Waals surface area (Å²) >= 11 is 3.49. The number of nitrogens with one attached hydrogen (secondary N) is 1. The molecule has 1 heterocycles. The molecule has 0 radical (unpaired) electrons. The standard InChI is InChI=1S/C20H19BrFN3O2/c1-12-7-8-14(11-17(12)22)20-24-19(27-25-20)10-9-18(26)23-13(2)15-5-3-4-6-16(15)21/h3-8,11,13H,9-10H2,1-2H3,(H,23,26). The fourth-order valence-electron chi connectivity index (χ4n) is 2.64. The molecular formula is C20H19BrFN3O2. The lowest BCUT2D eigenvalue weighted by atomic mass is 10.1. The van der Waals surface area contributed by atoms with Crippen LogP contribution in [0.4, 0.5) is 4.39 Å². The van der Waals surface area contributed by atoms with Gasteiger partial charge in [0.05, 0.1) is 6.04 Å². The van der Waals surface area contributed by atoms with Crippen molar-refractivity contribution in [1.82, 2.24) is 15.5 Å². The monoisotopic (exact) mass is 431 g/mol. The number of amides is 1. The summed E-state index contributed by atoms with van der Waals surface area (Å²) in [6, 6.07) is 12.4. The molecule has 0 saturated carbocycles. The highest BCUT2D eigenvalue weighted by atomic mass is 79.9. The minimum absolute atomic E-state index is 0.112. The van der Waals surface area contributed by atoms with Crippen LogP contribution in [0.2, 0.25) is 0 Å². The first-order chi connectivity index (χ1) is 12.9. The Hall–Kier alpha value is -2.54. The van der Waals surface area contributed by atoms with E-state index in [9.17, 15) is 9.18 Å². The molecule has 2 aromatic carbocycles. The smallest absolute Gasteiger partial charge is 0.227 e. The fraction of sp³-hybridized carbons (Fsp3) is 0.250. The van der Waals surface area contributed by atoms with E-state index in [4.69, 9.17) is 4.52 Å². The molecule has 5 nitrogen and oxygen atoms in total. The number of hydrogen-bond donors (Lipinski definition) is 1. The van der Waals surface area contributed by atoms with Gasteiger partial charge in [-0.3, -0.25) is 4.79 Å². The molecular weight excluding hydrogens is 413 g/mol. The summed E-state index contributed by atoms with van der Waals surface area (Å²) in [7, 11) is 0. The van der Waals surface area contributed by atoms with Crippen molar-refractivity contribution in [3.63, 3.8) is 0 Å². The number of aromatic nitrogens is 2. The summed E-state index contributed by atoms with van der Waals surface area (Å²) in [6.07, 6.45) is 0.536. The third kappa shape index (κ3) is 4.80. The zero-order valence-corrected chi connectivity index (χ0v) is 16.6. The zero-order chi connectivity index (χ0) is 19.4. The van der Waals surface area contributed by atoms with Crippen molar-refractivity contribution in [3.8, 4) is 11.4 Å². The molecule has 1 amide bonds. The van der Waals surface area contributed by atoms with Crippen molar-refractivity contribution in [2.45, 2.75) is 32.7 Å². The number of hydrogen-bond acceptors (Lipinski definition) is 4. The van der Waals surface area contributed by atoms with E-state index in [2.05, 4.69) is 31.4 Å². The zero-order valence-electron chi connectivity index (χ0n) is 15.0. The predicted molar refractivity (Wildman–Crippen MR) is 103 cm³/mol. The van der Waals surface area contributed by atoms with E-state index < -0.39 is 0 Å². The van der Waals surface area contributed by atoms with Gasteiger partial charge >= 0.3 is 0 Å². The van der Waals surface area contributed by atoms with Gasteiger partial charge in [-0.1, -0.05) is 51.4 Å². The number of carbonyl (C=O) groups excluding carboxylic acids is 1. The molecule has 0 spiro atoms. The van der Waals surface area contributed by atoms with Crippen LogP contribution in [0.25, 0.3) is 11.4 Å². The van der Waals surface area contributed by atoms with Crippen molar-refractivity contribution in [2.24, 2.45) is 0 Å². The van der Waals surface area contributed by atoms with Crippen molar-refractivity contribution in [3.05, 3.63) is 69.8 Å². The molecule has 0 aliphatic heterocycles. The van der Waals surface area contributed by atoms with Crippen LogP contribution in [0.1, 0.15) is 36.4 Å². The molecule has 0 bridgehead atoms. The molecule has 3 rings (SSSR count). The lowest BCUT2D eigenvalue weighted by Crippen LogP contribution is -2.27. The first kappa shape index (κ1) is 19.2. The average Bonchev–Trinajstić information content (AvgIpc) is 3.11. The van der Waals surface area contributed by atoms with E-state index in [0.29, 0.717) is 29.3 Å². The van der Waals surface area contributed by atoms with Crippen molar-refractivity contribution in [1.29, 1.82) is 0 Å². The first-order valence-electron chi connectivity index (χ1n) is 8.57. The van der Waals surface area contributed by atoms with E-state index in [1.54, 1.807) is 19.1 Å². The topological polar surface area (TPSA) is 68.0 Å². The summed E-state index contributed by atoms with van der Waals surface area (Å²) < 4.78 is 19.8. The highest BCUT2D eigenvalue weighted by molar-refractivity contribution is 9.10. The Morgan fingerprint density at radius 3 is 2.81 bits per heavy atom. The molecule has 1 N–H and O–H groups in total. The summed E-state index contributed by atoms with van der Waals surface area (Å²) in [5, 5.41) is 6.82. The van der Waals surface area contributed by atoms with Gasteiger partial charge in [0.2, 0.25) is 17.6 Å². The maximum absolute atomic E-state index is 13.7. The Balaban J connectivity index is 1.57. The molecule has 27 heavy (non-hydrogen) atoms. The minimum Gasteiger partial charge on any atom is -0.350 e. The average molecular weight is 432 g/mol. The number of carbonyl (C=O) groups is 1. The Labute approximate surface area is 165 Å². The quantitative estimate of drug-likeness (QED) is 0.610. The molecule has 140 valence electrons. The van der Waals surface area contributed by atoms with Crippen molar-refractivity contribution in [2.75, 3.05) is 0 Å². The van der Waals surface area contributed by atoms with Gasteiger partial charge in [-0.05, 0) is 37.1 Å². The van der Waals surface area contributed by atoms with Crippen LogP contribution in [0.15, 0.2) is 51.5 Å². The van der Waals surface area contributed by atoms with Crippen LogP contribution >= 0.6 is 15.9 Å². The highest BCUT2D eigenvalue weighted by Gasteiger charge is 2.15. The molecule has 1 aromatic heterocycles. The number of rotatable bonds is 6. The lowest BCUT2D eigenvalue weighted by molar-refractivity contribution is -0.121. The van der Waals surface area contributed by atoms with E-state index in [0.717, 1.165) is 10.0 Å². The number of benzene rings is 2. The van der Waals surface area contributed by atoms with Gasteiger partial charge in [-0.25, -0.2) is 4.39 Å². The van der Waals surface area contributed by atoms with Gasteiger partial charge < -0.3 is 9.84 Å². The first-order valence-corrected chi connectivity index (χ1v) is 9.36. The van der Waals surface area contributed by atoms with Crippen LogP contribution in [-0.4, -0.2) is 16.0 Å². The molecule has 0 saturated heterocycles. The molecule has 7 heteroatoms. The van der Waals surface area contributed by atoms with E-state index >= 15 is 0 Å². The second-order valence-electron chi connectivity index (χ2n) is 6.29. The molecule has 3 aromatic rings. The van der Waals surface area contributed by atoms with Gasteiger partial charge in [-0.2, -0.15) is 4.98 Å². The van der Waals surface area contributed by atoms with Crippen LogP contribution in [0.3, 0.4) is 0 Å². The van der Waals surface area contributed by atoms with Gasteiger partial charge in [0.15, 0.2) is 0 Å². The van der Waals surface area contributed by atoms with Crippen LogP contribution in [-0.2, 0) is 11.2 Å². The third-order valence-corrected chi connectivity index (χ3v) is 4.94. The molecule has 1 atom stereocenters. The summed E-state index contributed by atoms with van der Waals surface area (Å²) in [5.74, 6) is 0.222. The lowest BCUT2D eigenvalue weighted by Gasteiger charge is -2.15. The predicted octanol–water partition coefficient (Wildman–Crippen LogP) is 4.76. The van der Waals surface area contributed by atoms with Gasteiger partial charge in [0.1, 0.15) is 5.82 Å². The Morgan fingerprint density at radius 2 is 2.07 bits per heavy atom. The second kappa shape index (κ2) is 8.43. The van der Waals surface area contributed by atoms with Crippen LogP contribution < -0.4 is 5.32 Å². The van der Waals surface area contributed by atoms with Crippen molar-refractivity contribution < 1.29 is 13.7 Å². The van der Waals surface area contributed by atoms with Gasteiger partial charge in [0, 0.05) is 22.9 Å². The normalized spacial score (nSPS) is 12.0. The fourth-order valence-corrected chi connectivity index (χ4v) is 3.27. The maximum atomic E-state index is 13.7. The van der Waals surface area contributed by atoms with Crippen LogP contribution in [0, 0.1) is 12.7 Å². The van der Waals surface area contributed by atoms with E-state index in [1.807, 2.05) is 31.2 Å². The molecule has 0 fully saturated rings. The molecule has 0 aliphatic rings. The Kier molecular flexibility index (Phi) is 6.01. The summed E-state index contributed by atoms with van der Waals surface area (Å²) in [4.78, 5) is 16.4. The van der Waals surface area contributed by atoms with E-state index in [-0.39, 0.29) is 24.2 Å². The Morgan fingerprint density at radius 1 is 1.30 bits per heavy atom. The number of nitrogens with zero attached hydrogens (tertiary/aromatic N) is 2. The highest BCUT2D eigenvalue weighted by Crippen LogP contribution is 2.23. The maximum Gasteiger partial charge on any atom is 0.227 e. The van der Waals surface area contributed by atoms with E-state index in [1.165, 1.54) is 6.07 Å².